The second-order valence-electron chi connectivity index (χ2n) is 8.69. The Morgan fingerprint density at radius 3 is 2.32 bits per heavy atom. The second kappa shape index (κ2) is 11.8. The number of benzene rings is 2. The fourth-order valence-corrected chi connectivity index (χ4v) is 6.69. The van der Waals surface area contributed by atoms with Gasteiger partial charge >= 0.3 is 0 Å². The van der Waals surface area contributed by atoms with E-state index < -0.39 is 32.0 Å². The molecule has 1 N–H and O–H groups in total. The van der Waals surface area contributed by atoms with E-state index in [-0.39, 0.29) is 23.7 Å². The number of nitrogens with zero attached hydrogens (tertiary/aromatic N) is 2. The van der Waals surface area contributed by atoms with Crippen molar-refractivity contribution in [1.82, 2.24) is 9.62 Å². The molecule has 2 heterocycles. The van der Waals surface area contributed by atoms with Crippen molar-refractivity contribution in [2.75, 3.05) is 63.2 Å². The van der Waals surface area contributed by atoms with Gasteiger partial charge < -0.3 is 24.3 Å². The van der Waals surface area contributed by atoms with Gasteiger partial charge in [-0.25, -0.2) is 16.8 Å². The number of morpholine rings is 1. The molecular weight excluding hydrogens is 538 g/mol. The molecule has 0 spiro atoms. The highest BCUT2D eigenvalue weighted by molar-refractivity contribution is 7.92. The maximum absolute atomic E-state index is 12.8. The number of fused-ring (bicyclic) bond motifs is 1. The van der Waals surface area contributed by atoms with E-state index in [2.05, 4.69) is 5.32 Å². The molecule has 38 heavy (non-hydrogen) atoms. The molecule has 0 radical (unpaired) electrons. The summed E-state index contributed by atoms with van der Waals surface area (Å²) in [6.45, 7) is 3.79. The van der Waals surface area contributed by atoms with E-state index >= 15 is 0 Å². The third-order valence-electron chi connectivity index (χ3n) is 5.97. The standard InChI is InChI=1S/C24H31N3O9S2/c1-18(27(37(2,29)30)19-3-8-22-23(17-19)36-16-15-35-22)24(28)25-9-12-34-20-4-6-21(7-5-20)38(31,32)26-10-13-33-14-11-26/h3-8,17-18H,9-16H2,1-2H3,(H,25,28)/t18-/m0/s1. The smallest absolute Gasteiger partial charge is 0.243 e. The minimum absolute atomic E-state index is 0.0942. The van der Waals surface area contributed by atoms with Gasteiger partial charge in [0.2, 0.25) is 26.0 Å². The van der Waals surface area contributed by atoms with Gasteiger partial charge in [0, 0.05) is 19.2 Å². The summed E-state index contributed by atoms with van der Waals surface area (Å²) in [7, 11) is -7.40. The normalized spacial score (nSPS) is 16.9. The summed E-state index contributed by atoms with van der Waals surface area (Å²) in [5.41, 5.74) is 0.280. The van der Waals surface area contributed by atoms with Gasteiger partial charge in [-0.1, -0.05) is 0 Å². The maximum atomic E-state index is 12.8. The predicted molar refractivity (Wildman–Crippen MR) is 139 cm³/mol. The van der Waals surface area contributed by atoms with Crippen molar-refractivity contribution in [2.24, 2.45) is 0 Å². The number of amides is 1. The lowest BCUT2D eigenvalue weighted by atomic mass is 10.2. The molecule has 2 aliphatic rings. The third-order valence-corrected chi connectivity index (χ3v) is 9.12. The zero-order valence-corrected chi connectivity index (χ0v) is 22.8. The highest BCUT2D eigenvalue weighted by atomic mass is 32.2. The number of nitrogens with one attached hydrogen (secondary N) is 1. The molecule has 0 aliphatic carbocycles. The molecule has 1 amide bonds. The summed E-state index contributed by atoms with van der Waals surface area (Å²) in [6, 6.07) is 9.69. The molecule has 14 heteroatoms. The molecule has 2 aromatic rings. The Bertz CT molecular complexity index is 1340. The third kappa shape index (κ3) is 6.49. The topological polar surface area (TPSA) is 141 Å². The Balaban J connectivity index is 1.32. The van der Waals surface area contributed by atoms with Crippen LogP contribution < -0.4 is 23.8 Å². The quantitative estimate of drug-likeness (QED) is 0.412. The van der Waals surface area contributed by atoms with Crippen LogP contribution in [0.15, 0.2) is 47.4 Å². The largest absolute Gasteiger partial charge is 0.492 e. The van der Waals surface area contributed by atoms with Crippen molar-refractivity contribution < 1.29 is 40.6 Å². The van der Waals surface area contributed by atoms with Gasteiger partial charge in [0.1, 0.15) is 31.6 Å². The Kier molecular flexibility index (Phi) is 8.65. The van der Waals surface area contributed by atoms with E-state index in [9.17, 15) is 21.6 Å². The minimum Gasteiger partial charge on any atom is -0.492 e. The molecular formula is C24H31N3O9S2. The van der Waals surface area contributed by atoms with Crippen LogP contribution >= 0.6 is 0 Å². The van der Waals surface area contributed by atoms with E-state index in [0.717, 1.165) is 10.6 Å². The Morgan fingerprint density at radius 2 is 1.66 bits per heavy atom. The number of carbonyl (C=O) groups is 1. The van der Waals surface area contributed by atoms with Gasteiger partial charge in [0.25, 0.3) is 0 Å². The molecule has 0 unspecified atom stereocenters. The lowest BCUT2D eigenvalue weighted by molar-refractivity contribution is -0.121. The van der Waals surface area contributed by atoms with Crippen molar-refractivity contribution >= 4 is 31.6 Å². The second-order valence-corrected chi connectivity index (χ2v) is 12.5. The molecule has 4 rings (SSSR count). The summed E-state index contributed by atoms with van der Waals surface area (Å²) in [5, 5.41) is 2.68. The number of ether oxygens (including phenoxy) is 4. The zero-order valence-electron chi connectivity index (χ0n) is 21.2. The van der Waals surface area contributed by atoms with E-state index in [0.29, 0.717) is 56.8 Å². The highest BCUT2D eigenvalue weighted by Gasteiger charge is 2.30. The molecule has 0 saturated carbocycles. The van der Waals surface area contributed by atoms with Gasteiger partial charge in [0.15, 0.2) is 11.5 Å². The van der Waals surface area contributed by atoms with Crippen LogP contribution in [0, 0.1) is 0 Å². The molecule has 1 saturated heterocycles. The van der Waals surface area contributed by atoms with Crippen molar-refractivity contribution in [2.45, 2.75) is 17.9 Å². The summed E-state index contributed by atoms with van der Waals surface area (Å²) in [5.74, 6) is 0.838. The van der Waals surface area contributed by atoms with Crippen LogP contribution in [0.25, 0.3) is 0 Å². The van der Waals surface area contributed by atoms with E-state index in [4.69, 9.17) is 18.9 Å². The van der Waals surface area contributed by atoms with Crippen LogP contribution in [0.2, 0.25) is 0 Å². The van der Waals surface area contributed by atoms with Crippen LogP contribution in [0.1, 0.15) is 6.92 Å². The van der Waals surface area contributed by atoms with Gasteiger partial charge in [-0.2, -0.15) is 4.31 Å². The number of rotatable bonds is 10. The van der Waals surface area contributed by atoms with Gasteiger partial charge in [-0.05, 0) is 43.3 Å². The average Bonchev–Trinajstić information content (AvgIpc) is 2.91. The highest BCUT2D eigenvalue weighted by Crippen LogP contribution is 2.35. The molecule has 2 aromatic carbocycles. The number of sulfonamides is 2. The van der Waals surface area contributed by atoms with E-state index in [1.54, 1.807) is 24.3 Å². The first-order valence-electron chi connectivity index (χ1n) is 12.0. The molecule has 0 aromatic heterocycles. The minimum atomic E-state index is -3.80. The van der Waals surface area contributed by atoms with E-state index in [1.165, 1.54) is 29.4 Å². The van der Waals surface area contributed by atoms with Gasteiger partial charge in [-0.3, -0.25) is 9.10 Å². The Hall–Kier alpha value is -3.07. The first-order valence-corrected chi connectivity index (χ1v) is 15.3. The number of anilines is 1. The maximum Gasteiger partial charge on any atom is 0.243 e. The first-order chi connectivity index (χ1) is 18.1. The van der Waals surface area contributed by atoms with Crippen LogP contribution in [0.5, 0.6) is 17.2 Å². The summed E-state index contributed by atoms with van der Waals surface area (Å²) in [4.78, 5) is 13.0. The van der Waals surface area contributed by atoms with Gasteiger partial charge in [-0.15, -0.1) is 0 Å². The van der Waals surface area contributed by atoms with Crippen LogP contribution in [-0.2, 0) is 29.6 Å². The lowest BCUT2D eigenvalue weighted by Gasteiger charge is -2.29. The predicted octanol–water partition coefficient (Wildman–Crippen LogP) is 0.828. The summed E-state index contributed by atoms with van der Waals surface area (Å²) in [6.07, 6.45) is 1.03. The number of hydrogen-bond donors (Lipinski definition) is 1. The van der Waals surface area contributed by atoms with Crippen molar-refractivity contribution in [3.8, 4) is 17.2 Å². The number of hydrogen-bond acceptors (Lipinski definition) is 9. The SMILES string of the molecule is C[C@@H](C(=O)NCCOc1ccc(S(=O)(=O)N2CCOCC2)cc1)N(c1ccc2c(c1)OCCO2)S(C)(=O)=O. The summed E-state index contributed by atoms with van der Waals surface area (Å²) < 4.78 is 74.8. The van der Waals surface area contributed by atoms with Crippen LogP contribution in [0.3, 0.4) is 0 Å². The monoisotopic (exact) mass is 569 g/mol. The molecule has 0 bridgehead atoms. The average molecular weight is 570 g/mol. The lowest BCUT2D eigenvalue weighted by Crippen LogP contribution is -2.48. The van der Waals surface area contributed by atoms with E-state index in [1.807, 2.05) is 0 Å². The molecule has 2 aliphatic heterocycles. The van der Waals surface area contributed by atoms with Crippen molar-refractivity contribution in [3.63, 3.8) is 0 Å². The number of carbonyl (C=O) groups excluding carboxylic acids is 1. The Morgan fingerprint density at radius 1 is 1.00 bits per heavy atom. The molecule has 12 nitrogen and oxygen atoms in total. The van der Waals surface area contributed by atoms with Crippen LogP contribution in [-0.4, -0.2) is 92.0 Å². The van der Waals surface area contributed by atoms with Crippen molar-refractivity contribution in [3.05, 3.63) is 42.5 Å². The van der Waals surface area contributed by atoms with Crippen molar-refractivity contribution in [1.29, 1.82) is 0 Å². The fourth-order valence-electron chi connectivity index (χ4n) is 4.11. The zero-order chi connectivity index (χ0) is 27.3. The first kappa shape index (κ1) is 28.0. The molecule has 1 fully saturated rings. The summed E-state index contributed by atoms with van der Waals surface area (Å²) >= 11 is 0. The van der Waals surface area contributed by atoms with Gasteiger partial charge in [0.05, 0.1) is 36.6 Å². The fraction of sp³-hybridized carbons (Fsp3) is 0.458. The molecule has 1 atom stereocenters. The molecule has 208 valence electrons. The Labute approximate surface area is 222 Å². The van der Waals surface area contributed by atoms with Crippen LogP contribution in [0.4, 0.5) is 5.69 Å².